The first kappa shape index (κ1) is 22.0. The quantitative estimate of drug-likeness (QED) is 0.458. The Morgan fingerprint density at radius 3 is 2.43 bits per heavy atom. The molecule has 30 heavy (non-hydrogen) atoms. The summed E-state index contributed by atoms with van der Waals surface area (Å²) in [4.78, 5) is 58.4. The summed E-state index contributed by atoms with van der Waals surface area (Å²) in [7, 11) is 0. The zero-order valence-corrected chi connectivity index (χ0v) is 16.0. The number of imidazole rings is 1. The second kappa shape index (κ2) is 10.9. The third-order valence-electron chi connectivity index (χ3n) is 3.57. The number of amides is 2. The van der Waals surface area contributed by atoms with Crippen LogP contribution in [0, 0.1) is 0 Å². The van der Waals surface area contributed by atoms with Gasteiger partial charge in [-0.05, 0) is 24.3 Å². The molecule has 0 radical (unpaired) electrons. The van der Waals surface area contributed by atoms with E-state index in [1.807, 2.05) is 0 Å². The highest BCUT2D eigenvalue weighted by Crippen LogP contribution is 2.17. The lowest BCUT2D eigenvalue weighted by molar-refractivity contribution is -0.119. The minimum absolute atomic E-state index is 0.146. The number of carbonyl (C=O) groups is 3. The molecule has 2 aromatic heterocycles. The van der Waals surface area contributed by atoms with Crippen LogP contribution in [-0.2, 0) is 9.59 Å². The van der Waals surface area contributed by atoms with Gasteiger partial charge >= 0.3 is 5.97 Å². The summed E-state index contributed by atoms with van der Waals surface area (Å²) in [5, 5.41) is 14.0. The van der Waals surface area contributed by atoms with Crippen LogP contribution >= 0.6 is 0 Å². The number of hydrogen-bond donors (Lipinski definition) is 4. The SMILES string of the molecule is CC(=O)NCCC(=O)Nc1ccc(-c2ncc(C(=O)O)c(=O)[nH]2)cc1.c1c[n-]cn1. The Morgan fingerprint density at radius 2 is 1.93 bits per heavy atom. The molecular formula is C19H19N6O5-. The van der Waals surface area contributed by atoms with Crippen molar-refractivity contribution in [2.75, 3.05) is 11.9 Å². The van der Waals surface area contributed by atoms with E-state index in [0.717, 1.165) is 6.20 Å². The zero-order chi connectivity index (χ0) is 21.9. The first-order valence-electron chi connectivity index (χ1n) is 8.71. The molecule has 11 heteroatoms. The number of hydrogen-bond acceptors (Lipinski definition) is 6. The zero-order valence-electron chi connectivity index (χ0n) is 16.0. The first-order chi connectivity index (χ1) is 14.4. The van der Waals surface area contributed by atoms with Gasteiger partial charge in [0.1, 0.15) is 11.4 Å². The van der Waals surface area contributed by atoms with Crippen molar-refractivity contribution in [2.24, 2.45) is 0 Å². The number of H-pyrrole nitrogens is 1. The Balaban J connectivity index is 0.000000558. The van der Waals surface area contributed by atoms with Crippen LogP contribution in [0.2, 0.25) is 0 Å². The van der Waals surface area contributed by atoms with Gasteiger partial charge in [0.25, 0.3) is 5.56 Å². The second-order valence-electron chi connectivity index (χ2n) is 5.85. The molecule has 2 heterocycles. The molecular weight excluding hydrogens is 392 g/mol. The number of nitrogens with one attached hydrogen (secondary N) is 3. The summed E-state index contributed by atoms with van der Waals surface area (Å²) in [6, 6.07) is 6.50. The summed E-state index contributed by atoms with van der Waals surface area (Å²) in [5.74, 6) is -1.58. The summed E-state index contributed by atoms with van der Waals surface area (Å²) in [6.45, 7) is 1.62. The van der Waals surface area contributed by atoms with E-state index >= 15 is 0 Å². The van der Waals surface area contributed by atoms with Crippen molar-refractivity contribution < 1.29 is 19.5 Å². The van der Waals surface area contributed by atoms with Crippen LogP contribution in [0.15, 0.2) is 54.0 Å². The fraction of sp³-hybridized carbons (Fsp3) is 0.158. The van der Waals surface area contributed by atoms with Gasteiger partial charge in [0.05, 0.1) is 0 Å². The van der Waals surface area contributed by atoms with Crippen LogP contribution in [-0.4, -0.2) is 44.4 Å². The maximum Gasteiger partial charge on any atom is 0.342 e. The molecule has 11 nitrogen and oxygen atoms in total. The standard InChI is InChI=1S/C16H16N4O5.C3H3N2/c1-9(21)17-7-6-13(22)19-11-4-2-10(3-5-11)14-18-8-12(16(24)25)15(23)20-14;1-2-5-3-4-1/h2-5,8H,6-7H2,1H3,(H,17,21)(H,19,22)(H,24,25)(H,18,20,23);1-3H/q;-1. The van der Waals surface area contributed by atoms with E-state index in [9.17, 15) is 19.2 Å². The Labute approximate surface area is 170 Å². The minimum atomic E-state index is -1.35. The monoisotopic (exact) mass is 411 g/mol. The van der Waals surface area contributed by atoms with E-state index in [2.05, 4.69) is 30.6 Å². The topological polar surface area (TPSA) is 168 Å². The minimum Gasteiger partial charge on any atom is -0.477 e. The third-order valence-corrected chi connectivity index (χ3v) is 3.57. The van der Waals surface area contributed by atoms with Crippen molar-refractivity contribution in [2.45, 2.75) is 13.3 Å². The fourth-order valence-corrected chi connectivity index (χ4v) is 2.17. The van der Waals surface area contributed by atoms with Crippen molar-refractivity contribution in [3.63, 3.8) is 0 Å². The van der Waals surface area contributed by atoms with E-state index in [-0.39, 0.29) is 30.6 Å². The lowest BCUT2D eigenvalue weighted by atomic mass is 10.2. The van der Waals surface area contributed by atoms with Crippen LogP contribution in [0.25, 0.3) is 11.4 Å². The lowest BCUT2D eigenvalue weighted by Gasteiger charge is -2.07. The summed E-state index contributed by atoms with van der Waals surface area (Å²) >= 11 is 0. The van der Waals surface area contributed by atoms with Crippen molar-refractivity contribution >= 4 is 23.5 Å². The van der Waals surface area contributed by atoms with Gasteiger partial charge in [0.2, 0.25) is 11.8 Å². The molecule has 0 bridgehead atoms. The molecule has 0 aliphatic heterocycles. The van der Waals surface area contributed by atoms with Crippen LogP contribution in [0.4, 0.5) is 5.69 Å². The van der Waals surface area contributed by atoms with Gasteiger partial charge in [0, 0.05) is 37.3 Å². The Kier molecular flexibility index (Phi) is 8.00. The number of nitrogens with zero attached hydrogens (tertiary/aromatic N) is 3. The van der Waals surface area contributed by atoms with Gasteiger partial charge in [-0.2, -0.15) is 0 Å². The summed E-state index contributed by atoms with van der Waals surface area (Å²) < 4.78 is 0. The number of carboxylic acids is 1. The molecule has 2 amide bonds. The fourth-order valence-electron chi connectivity index (χ4n) is 2.17. The molecule has 0 aliphatic carbocycles. The molecule has 0 aliphatic rings. The number of aromatic carboxylic acids is 1. The summed E-state index contributed by atoms with van der Waals surface area (Å²) in [5.41, 5.74) is -0.0778. The van der Waals surface area contributed by atoms with E-state index in [1.54, 1.807) is 36.7 Å². The van der Waals surface area contributed by atoms with Crippen molar-refractivity contribution in [1.29, 1.82) is 0 Å². The predicted octanol–water partition coefficient (Wildman–Crippen LogP) is 0.639. The number of carbonyl (C=O) groups excluding carboxylic acids is 2. The van der Waals surface area contributed by atoms with Gasteiger partial charge in [-0.25, -0.2) is 9.78 Å². The van der Waals surface area contributed by atoms with Gasteiger partial charge in [-0.1, -0.05) is 18.7 Å². The average Bonchev–Trinajstić information content (AvgIpc) is 3.28. The Morgan fingerprint density at radius 1 is 1.20 bits per heavy atom. The van der Waals surface area contributed by atoms with E-state index in [1.165, 1.54) is 13.3 Å². The maximum absolute atomic E-state index is 11.7. The third kappa shape index (κ3) is 7.03. The average molecular weight is 411 g/mol. The van der Waals surface area contributed by atoms with Gasteiger partial charge in [-0.15, -0.1) is 0 Å². The van der Waals surface area contributed by atoms with Crippen molar-refractivity contribution in [3.05, 3.63) is 65.1 Å². The lowest BCUT2D eigenvalue weighted by Crippen LogP contribution is -2.25. The van der Waals surface area contributed by atoms with Gasteiger partial charge < -0.3 is 30.7 Å². The number of carboxylic acid groups (broad SMARTS) is 1. The highest BCUT2D eigenvalue weighted by Gasteiger charge is 2.11. The van der Waals surface area contributed by atoms with E-state index in [4.69, 9.17) is 5.11 Å². The molecule has 1 aromatic carbocycles. The van der Waals surface area contributed by atoms with Crippen LogP contribution in [0.3, 0.4) is 0 Å². The number of benzene rings is 1. The number of rotatable bonds is 6. The molecule has 0 atom stereocenters. The second-order valence-corrected chi connectivity index (χ2v) is 5.85. The molecule has 3 aromatic rings. The molecule has 4 N–H and O–H groups in total. The van der Waals surface area contributed by atoms with Crippen LogP contribution in [0.5, 0.6) is 0 Å². The van der Waals surface area contributed by atoms with Crippen molar-refractivity contribution in [3.8, 4) is 11.4 Å². The molecule has 3 rings (SSSR count). The maximum atomic E-state index is 11.7. The smallest absolute Gasteiger partial charge is 0.342 e. The Hall–Kier alpha value is -4.28. The van der Waals surface area contributed by atoms with Gasteiger partial charge in [-0.3, -0.25) is 14.4 Å². The van der Waals surface area contributed by atoms with Gasteiger partial charge in [0.15, 0.2) is 0 Å². The molecule has 0 saturated carbocycles. The normalized spacial score (nSPS) is 9.77. The number of aromatic amines is 1. The molecule has 0 saturated heterocycles. The molecule has 0 spiro atoms. The molecule has 156 valence electrons. The van der Waals surface area contributed by atoms with E-state index in [0.29, 0.717) is 11.3 Å². The predicted molar refractivity (Wildman–Crippen MR) is 107 cm³/mol. The largest absolute Gasteiger partial charge is 0.477 e. The summed E-state index contributed by atoms with van der Waals surface area (Å²) in [6.07, 6.45) is 5.92. The van der Waals surface area contributed by atoms with Crippen LogP contribution < -0.4 is 21.2 Å². The van der Waals surface area contributed by atoms with Crippen LogP contribution in [0.1, 0.15) is 23.7 Å². The highest BCUT2D eigenvalue weighted by molar-refractivity contribution is 5.91. The highest BCUT2D eigenvalue weighted by atomic mass is 16.4. The van der Waals surface area contributed by atoms with Crippen molar-refractivity contribution in [1.82, 2.24) is 25.3 Å². The molecule has 0 unspecified atom stereocenters. The molecule has 0 fully saturated rings. The number of aromatic nitrogens is 4. The number of anilines is 1. The van der Waals surface area contributed by atoms with E-state index < -0.39 is 17.1 Å². The Bertz CT molecular complexity index is 1030. The first-order valence-corrected chi connectivity index (χ1v) is 8.71.